The summed E-state index contributed by atoms with van der Waals surface area (Å²) in [6.45, 7) is 18.1. The van der Waals surface area contributed by atoms with Crippen molar-refractivity contribution in [3.8, 4) is 39.8 Å². The van der Waals surface area contributed by atoms with Crippen LogP contribution in [0.25, 0.3) is 50.1 Å². The molecule has 0 aliphatic carbocycles. The summed E-state index contributed by atoms with van der Waals surface area (Å²) in [4.78, 5) is 4.87. The molecule has 0 aliphatic rings. The van der Waals surface area contributed by atoms with E-state index in [1.807, 2.05) is 47.4 Å². The normalized spacial score (nSPS) is 12.0. The van der Waals surface area contributed by atoms with Gasteiger partial charge in [0.2, 0.25) is 0 Å². The number of fused-ring (bicyclic) bond motifs is 3. The first-order chi connectivity index (χ1) is 26.3. The third kappa shape index (κ3) is 8.02. The van der Waals surface area contributed by atoms with Crippen LogP contribution < -0.4 is 9.30 Å². The smallest absolute Gasteiger partial charge is 0.267 e. The topological polar surface area (TPSA) is 35.9 Å². The molecule has 8 rings (SSSR count). The van der Waals surface area contributed by atoms with Crippen molar-refractivity contribution < 1.29 is 30.4 Å². The molecule has 3 aromatic heterocycles. The average molecular weight is 916 g/mol. The Morgan fingerprint density at radius 1 is 0.714 bits per heavy atom. The predicted octanol–water partition coefficient (Wildman–Crippen LogP) is 11.9. The molecule has 56 heavy (non-hydrogen) atoms. The Balaban J connectivity index is 0.00000480. The van der Waals surface area contributed by atoms with Crippen LogP contribution in [0.15, 0.2) is 128 Å². The number of hydrogen-bond acceptors (Lipinski definition) is 2. The minimum Gasteiger partial charge on any atom is -0.510 e. The third-order valence-electron chi connectivity index (χ3n) is 10.2. The zero-order valence-electron chi connectivity index (χ0n) is 33.4. The van der Waals surface area contributed by atoms with E-state index < -0.39 is 0 Å². The van der Waals surface area contributed by atoms with Crippen molar-refractivity contribution in [2.45, 2.75) is 72.6 Å². The molecule has 0 amide bonds. The van der Waals surface area contributed by atoms with Crippen molar-refractivity contribution in [2.24, 2.45) is 5.92 Å². The van der Waals surface area contributed by atoms with Gasteiger partial charge >= 0.3 is 0 Å². The monoisotopic (exact) mass is 915 g/mol. The van der Waals surface area contributed by atoms with Gasteiger partial charge in [0.25, 0.3) is 6.33 Å². The van der Waals surface area contributed by atoms with Crippen LogP contribution in [0.2, 0.25) is 0 Å². The van der Waals surface area contributed by atoms with Crippen LogP contribution in [0.1, 0.15) is 72.1 Å². The summed E-state index contributed by atoms with van der Waals surface area (Å²) >= 11 is 0. The van der Waals surface area contributed by atoms with Gasteiger partial charge in [0.15, 0.2) is 0 Å². The molecule has 0 bridgehead atoms. The summed E-state index contributed by atoms with van der Waals surface area (Å²) in [5, 5.41) is 2.23. The Kier molecular flexibility index (Phi) is 10.7. The Morgan fingerprint density at radius 3 is 2.16 bits per heavy atom. The summed E-state index contributed by atoms with van der Waals surface area (Å²) < 4.78 is 12.7. The first-order valence-electron chi connectivity index (χ1n) is 19.2. The summed E-state index contributed by atoms with van der Waals surface area (Å²) in [5.41, 5.74) is 10.1. The molecule has 5 nitrogen and oxygen atoms in total. The minimum atomic E-state index is 0. The van der Waals surface area contributed by atoms with Crippen molar-refractivity contribution in [1.29, 1.82) is 0 Å². The summed E-state index contributed by atoms with van der Waals surface area (Å²) in [7, 11) is 0. The number of hydrogen-bond donors (Lipinski definition) is 0. The molecule has 0 atom stereocenters. The van der Waals surface area contributed by atoms with Gasteiger partial charge in [-0.2, -0.15) is 18.2 Å². The van der Waals surface area contributed by atoms with Crippen LogP contribution in [0.4, 0.5) is 0 Å². The number of pyridine rings is 1. The zero-order valence-corrected chi connectivity index (χ0v) is 35.7. The molecular formula is C50H48N4OPt-2. The number of aromatic nitrogens is 4. The summed E-state index contributed by atoms with van der Waals surface area (Å²) in [5.74, 6) is 2.60. The Hall–Kier alpha value is -5.25. The van der Waals surface area contributed by atoms with Gasteiger partial charge < -0.3 is 13.9 Å². The first kappa shape index (κ1) is 39.0. The average Bonchev–Trinajstić information content (AvgIpc) is 3.78. The fraction of sp³-hybridized carbons (Fsp3) is 0.240. The molecule has 0 spiro atoms. The van der Waals surface area contributed by atoms with Crippen molar-refractivity contribution in [3.63, 3.8) is 0 Å². The van der Waals surface area contributed by atoms with Crippen LogP contribution in [0.5, 0.6) is 11.5 Å². The van der Waals surface area contributed by atoms with Gasteiger partial charge in [-0.05, 0) is 92.4 Å². The summed E-state index contributed by atoms with van der Waals surface area (Å²) in [6, 6.07) is 45.5. The standard InChI is InChI=1S/C50H48N4O.Pt/c1-34(2)25-35-21-22-51-48(26-35)54-46-20-17-37(36-13-10-9-11-14-36)27-45(46)44-19-18-43(32-47(44)54)55-42-16-12-15-40(31-42)52-23-24-53(33-52)41-29-38(49(3,4)5)28-39(30-41)50(6,7)8;/h9-24,26-30,34H,25H2,1-8H3;/q-2;. The van der Waals surface area contributed by atoms with E-state index in [9.17, 15) is 0 Å². The fourth-order valence-corrected chi connectivity index (χ4v) is 7.18. The number of nitrogens with zero attached hydrogens (tertiary/aromatic N) is 4. The molecular weight excluding hydrogens is 868 g/mol. The molecule has 0 fully saturated rings. The van der Waals surface area contributed by atoms with Crippen LogP contribution in [0.3, 0.4) is 0 Å². The molecule has 6 heteroatoms. The van der Waals surface area contributed by atoms with Crippen molar-refractivity contribution in [2.75, 3.05) is 0 Å². The van der Waals surface area contributed by atoms with Crippen LogP contribution in [0, 0.1) is 24.4 Å². The van der Waals surface area contributed by atoms with E-state index in [0.717, 1.165) is 45.4 Å². The molecule has 3 heterocycles. The number of benzene rings is 5. The maximum Gasteiger partial charge on any atom is 0.267 e. The van der Waals surface area contributed by atoms with Gasteiger partial charge in [-0.25, -0.2) is 4.98 Å². The SMILES string of the molecule is CC(C)Cc1ccnc(-n2c3[c-]c(Oc4[c-]c(-n5[c-][n+](-c6cc(C(C)(C)C)cc(C(C)(C)C)c6)cc5)ccc4)ccc3c3cc(-c4ccccc4)ccc32)c1.[Pt]. The second-order valence-corrected chi connectivity index (χ2v) is 17.0. The van der Waals surface area contributed by atoms with E-state index in [1.165, 1.54) is 27.8 Å². The molecule has 0 saturated carbocycles. The maximum atomic E-state index is 6.52. The Labute approximate surface area is 345 Å². The van der Waals surface area contributed by atoms with Gasteiger partial charge in [-0.3, -0.25) is 4.57 Å². The van der Waals surface area contributed by atoms with Gasteiger partial charge in [0.05, 0.1) is 5.69 Å². The summed E-state index contributed by atoms with van der Waals surface area (Å²) in [6.07, 6.45) is 10.5. The van der Waals surface area contributed by atoms with Gasteiger partial charge in [-0.15, -0.1) is 29.7 Å². The third-order valence-corrected chi connectivity index (χ3v) is 10.2. The van der Waals surface area contributed by atoms with Crippen molar-refractivity contribution in [3.05, 3.63) is 163 Å². The Bertz CT molecular complexity index is 2620. The number of imidazole rings is 1. The zero-order chi connectivity index (χ0) is 38.5. The first-order valence-corrected chi connectivity index (χ1v) is 19.2. The van der Waals surface area contributed by atoms with Crippen molar-refractivity contribution in [1.82, 2.24) is 14.1 Å². The Morgan fingerprint density at radius 2 is 1.45 bits per heavy atom. The van der Waals surface area contributed by atoms with E-state index in [4.69, 9.17) is 9.72 Å². The predicted molar refractivity (Wildman–Crippen MR) is 224 cm³/mol. The van der Waals surface area contributed by atoms with E-state index >= 15 is 0 Å². The largest absolute Gasteiger partial charge is 0.510 e. The fourth-order valence-electron chi connectivity index (χ4n) is 7.18. The molecule has 0 N–H and O–H groups in total. The quantitative estimate of drug-likeness (QED) is 0.112. The van der Waals surface area contributed by atoms with Gasteiger partial charge in [0.1, 0.15) is 5.82 Å². The minimum absolute atomic E-state index is 0. The van der Waals surface area contributed by atoms with Crippen molar-refractivity contribution >= 4 is 21.8 Å². The maximum absolute atomic E-state index is 6.52. The second kappa shape index (κ2) is 15.4. The molecule has 8 aromatic rings. The molecule has 5 aromatic carbocycles. The number of rotatable bonds is 8. The van der Waals surface area contributed by atoms with E-state index in [0.29, 0.717) is 17.4 Å². The second-order valence-electron chi connectivity index (χ2n) is 17.0. The van der Waals surface area contributed by atoms with Crippen LogP contribution >= 0.6 is 0 Å². The number of ether oxygens (including phenoxy) is 1. The molecule has 0 aliphatic heterocycles. The molecule has 0 saturated heterocycles. The van der Waals surface area contributed by atoms with Crippen LogP contribution in [-0.2, 0) is 38.3 Å². The van der Waals surface area contributed by atoms with E-state index in [2.05, 4.69) is 168 Å². The van der Waals surface area contributed by atoms with E-state index in [1.54, 1.807) is 0 Å². The molecule has 0 unspecified atom stereocenters. The van der Waals surface area contributed by atoms with Gasteiger partial charge in [0, 0.05) is 56.7 Å². The van der Waals surface area contributed by atoms with Crippen LogP contribution in [-0.4, -0.2) is 14.1 Å². The molecule has 286 valence electrons. The van der Waals surface area contributed by atoms with Gasteiger partial charge in [-0.1, -0.05) is 109 Å². The molecule has 0 radical (unpaired) electrons. The van der Waals surface area contributed by atoms with E-state index in [-0.39, 0.29) is 31.9 Å².